The van der Waals surface area contributed by atoms with Crippen LogP contribution in [0.5, 0.6) is 0 Å². The van der Waals surface area contributed by atoms with Gasteiger partial charge >= 0.3 is 0 Å². The Kier molecular flexibility index (Phi) is 9.51. The van der Waals surface area contributed by atoms with Crippen molar-refractivity contribution < 1.29 is 29.0 Å². The van der Waals surface area contributed by atoms with Gasteiger partial charge in [-0.3, -0.25) is 14.4 Å². The van der Waals surface area contributed by atoms with Crippen LogP contribution in [-0.4, -0.2) is 87.7 Å². The Hall–Kier alpha value is -4.02. The van der Waals surface area contributed by atoms with Crippen LogP contribution in [0.1, 0.15) is 57.6 Å². The van der Waals surface area contributed by atoms with E-state index in [1.807, 2.05) is 74.5 Å². The second-order valence-electron chi connectivity index (χ2n) is 12.2. The van der Waals surface area contributed by atoms with Crippen molar-refractivity contribution in [2.24, 2.45) is 10.9 Å². The molecule has 5 rings (SSSR count). The van der Waals surface area contributed by atoms with Crippen LogP contribution in [0.2, 0.25) is 0 Å². The summed E-state index contributed by atoms with van der Waals surface area (Å²) >= 11 is 0. The summed E-state index contributed by atoms with van der Waals surface area (Å²) in [5.41, 5.74) is 1.47. The highest BCUT2D eigenvalue weighted by Gasteiger charge is 2.49. The first-order valence-electron chi connectivity index (χ1n) is 15.3. The Labute approximate surface area is 258 Å². The van der Waals surface area contributed by atoms with E-state index in [1.54, 1.807) is 6.20 Å². The zero-order chi connectivity index (χ0) is 31.4. The smallest absolute Gasteiger partial charge is 0.269 e. The second-order valence-corrected chi connectivity index (χ2v) is 12.2. The molecule has 1 aliphatic carbocycles. The molecule has 2 aromatic rings. The average molecular weight is 603 g/mol. The van der Waals surface area contributed by atoms with Gasteiger partial charge in [0.05, 0.1) is 17.3 Å². The number of aliphatic imine (C=N–C) groups is 1. The number of amides is 3. The first-order valence-corrected chi connectivity index (χ1v) is 15.3. The normalized spacial score (nSPS) is 20.8. The Morgan fingerprint density at radius 1 is 1.09 bits per heavy atom. The molecule has 3 aliphatic rings. The minimum Gasteiger partial charge on any atom is -0.476 e. The van der Waals surface area contributed by atoms with Crippen molar-refractivity contribution in [3.05, 3.63) is 78.0 Å². The highest BCUT2D eigenvalue weighted by molar-refractivity contribution is 5.99. The van der Waals surface area contributed by atoms with Crippen LogP contribution in [0, 0.1) is 5.92 Å². The molecule has 2 unspecified atom stereocenters. The molecule has 1 saturated carbocycles. The number of carbonyl (C=O) groups excluding carboxylic acids is 3. The molecule has 0 radical (unpaired) electrons. The Balaban J connectivity index is 1.65. The van der Waals surface area contributed by atoms with E-state index < -0.39 is 30.0 Å². The Morgan fingerprint density at radius 3 is 2.32 bits per heavy atom. The Bertz CT molecular complexity index is 1400. The number of nitrogens with zero attached hydrogens (tertiary/aromatic N) is 4. The summed E-state index contributed by atoms with van der Waals surface area (Å²) in [7, 11) is 1.43. The molecular formula is C34H42N4O6. The van der Waals surface area contributed by atoms with Crippen molar-refractivity contribution in [3.8, 4) is 0 Å². The predicted octanol–water partition coefficient (Wildman–Crippen LogP) is 3.80. The third-order valence-corrected chi connectivity index (χ3v) is 8.64. The van der Waals surface area contributed by atoms with E-state index in [9.17, 15) is 19.5 Å². The van der Waals surface area contributed by atoms with E-state index in [0.29, 0.717) is 17.9 Å². The minimum absolute atomic E-state index is 0.186. The number of hydrazine groups is 1. The molecule has 1 spiro atoms. The molecule has 234 valence electrons. The van der Waals surface area contributed by atoms with Crippen LogP contribution >= 0.6 is 0 Å². The van der Waals surface area contributed by atoms with Crippen LogP contribution in [0.4, 0.5) is 0 Å². The maximum Gasteiger partial charge on any atom is 0.269 e. The average Bonchev–Trinajstić information content (AvgIpc) is 3.66. The fraction of sp³-hybridized carbons (Fsp3) is 0.471. The number of rotatable bonds is 10. The van der Waals surface area contributed by atoms with E-state index in [0.717, 1.165) is 31.2 Å². The summed E-state index contributed by atoms with van der Waals surface area (Å²) in [6.45, 7) is 5.27. The van der Waals surface area contributed by atoms with Gasteiger partial charge < -0.3 is 19.5 Å². The van der Waals surface area contributed by atoms with Gasteiger partial charge in [-0.1, -0.05) is 87.4 Å². The quantitative estimate of drug-likeness (QED) is 0.443. The molecule has 1 fully saturated rings. The number of ether oxygens (including phenoxy) is 2. The topological polar surface area (TPSA) is 112 Å². The summed E-state index contributed by atoms with van der Waals surface area (Å²) in [6.07, 6.45) is 4.39. The van der Waals surface area contributed by atoms with Crippen LogP contribution in [-0.2, 0) is 30.3 Å². The number of hydrogen-bond donors (Lipinski definition) is 1. The molecule has 2 aliphatic heterocycles. The van der Waals surface area contributed by atoms with Crippen molar-refractivity contribution in [1.29, 1.82) is 0 Å². The fourth-order valence-electron chi connectivity index (χ4n) is 6.51. The number of carbonyl (C=O) groups is 3. The molecule has 1 N–H and O–H groups in total. The summed E-state index contributed by atoms with van der Waals surface area (Å²) < 4.78 is 11.2. The van der Waals surface area contributed by atoms with Crippen molar-refractivity contribution in [2.75, 3.05) is 20.3 Å². The number of aliphatic hydroxyl groups excluding tert-OH is 1. The van der Waals surface area contributed by atoms with Gasteiger partial charge in [0.1, 0.15) is 19.3 Å². The van der Waals surface area contributed by atoms with Gasteiger partial charge in [-0.25, -0.2) is 15.0 Å². The first kappa shape index (κ1) is 31.4. The molecule has 0 bridgehead atoms. The summed E-state index contributed by atoms with van der Waals surface area (Å²) in [5, 5.41) is 14.7. The minimum atomic E-state index is -1.31. The molecule has 0 saturated heterocycles. The monoisotopic (exact) mass is 602 g/mol. The highest BCUT2D eigenvalue weighted by Crippen LogP contribution is 2.38. The fourth-order valence-corrected chi connectivity index (χ4v) is 6.51. The van der Waals surface area contributed by atoms with Gasteiger partial charge in [-0.05, 0) is 30.7 Å². The first-order chi connectivity index (χ1) is 21.2. The van der Waals surface area contributed by atoms with E-state index in [4.69, 9.17) is 14.5 Å². The van der Waals surface area contributed by atoms with Crippen molar-refractivity contribution in [1.82, 2.24) is 14.9 Å². The molecule has 3 atom stereocenters. The molecule has 10 nitrogen and oxygen atoms in total. The van der Waals surface area contributed by atoms with Crippen LogP contribution in [0.15, 0.2) is 71.9 Å². The third kappa shape index (κ3) is 6.27. The third-order valence-electron chi connectivity index (χ3n) is 8.64. The van der Waals surface area contributed by atoms with E-state index in [2.05, 4.69) is 0 Å². The standard InChI is InChI=1S/C34H42N4O6/c1-23(2)30-33(42)38(28(26-15-9-6-10-16-26)20-36(30)29(40)21-43-4)37(24(3)39)27(19-25-13-7-5-8-14-25)31(41)32-35-34(22-44-32)17-11-12-18-34/h5-10,13-16,20,23,27,30-31,41H,11-12,17-19,21-22H2,1-4H3/t27-,30?,31?/m0/s1. The number of hydrogen-bond acceptors (Lipinski definition) is 7. The van der Waals surface area contributed by atoms with Gasteiger partial charge in [0, 0.05) is 25.8 Å². The molecule has 10 heteroatoms. The Morgan fingerprint density at radius 2 is 1.73 bits per heavy atom. The van der Waals surface area contributed by atoms with E-state index in [-0.39, 0.29) is 36.3 Å². The number of aliphatic hydroxyl groups is 1. The molecule has 3 amide bonds. The summed E-state index contributed by atoms with van der Waals surface area (Å²) in [4.78, 5) is 48.0. The van der Waals surface area contributed by atoms with Crippen molar-refractivity contribution in [3.63, 3.8) is 0 Å². The predicted molar refractivity (Wildman–Crippen MR) is 166 cm³/mol. The number of methoxy groups -OCH3 is 1. The van der Waals surface area contributed by atoms with Gasteiger partial charge in [0.15, 0.2) is 6.10 Å². The molecular weight excluding hydrogens is 560 g/mol. The lowest BCUT2D eigenvalue weighted by atomic mass is 9.96. The van der Waals surface area contributed by atoms with Crippen molar-refractivity contribution in [2.45, 2.75) is 76.6 Å². The van der Waals surface area contributed by atoms with E-state index >= 15 is 0 Å². The lowest BCUT2D eigenvalue weighted by Gasteiger charge is -2.48. The summed E-state index contributed by atoms with van der Waals surface area (Å²) in [6, 6.07) is 16.8. The maximum atomic E-state index is 14.6. The summed E-state index contributed by atoms with van der Waals surface area (Å²) in [5.74, 6) is -1.40. The molecule has 0 aromatic heterocycles. The van der Waals surface area contributed by atoms with Crippen molar-refractivity contribution >= 4 is 29.3 Å². The largest absolute Gasteiger partial charge is 0.476 e. The zero-order valence-corrected chi connectivity index (χ0v) is 25.9. The second kappa shape index (κ2) is 13.3. The van der Waals surface area contributed by atoms with Gasteiger partial charge in [-0.2, -0.15) is 0 Å². The van der Waals surface area contributed by atoms with Gasteiger partial charge in [0.2, 0.25) is 11.8 Å². The lowest BCUT2D eigenvalue weighted by Crippen LogP contribution is -2.64. The van der Waals surface area contributed by atoms with Crippen LogP contribution in [0.3, 0.4) is 0 Å². The molecule has 2 aromatic carbocycles. The SMILES string of the molecule is COCC(=O)N1C=C(c2ccccc2)N(N(C(C)=O)[C@@H](Cc2ccccc2)C(O)C2=NC3(CCCC3)CO2)C(=O)C1C(C)C. The van der Waals surface area contributed by atoms with Crippen LogP contribution < -0.4 is 0 Å². The lowest BCUT2D eigenvalue weighted by molar-refractivity contribution is -0.169. The molecule has 44 heavy (non-hydrogen) atoms. The zero-order valence-electron chi connectivity index (χ0n) is 25.9. The molecule has 2 heterocycles. The van der Waals surface area contributed by atoms with Gasteiger partial charge in [0.25, 0.3) is 11.8 Å². The highest BCUT2D eigenvalue weighted by atomic mass is 16.5. The maximum absolute atomic E-state index is 14.6. The van der Waals surface area contributed by atoms with Gasteiger partial charge in [-0.15, -0.1) is 0 Å². The van der Waals surface area contributed by atoms with Crippen LogP contribution in [0.25, 0.3) is 5.70 Å². The van der Waals surface area contributed by atoms with E-state index in [1.165, 1.54) is 29.0 Å². The number of benzene rings is 2.